The highest BCUT2D eigenvalue weighted by atomic mass is 16.5. The minimum Gasteiger partial charge on any atom is -0.340 e. The Labute approximate surface area is 154 Å². The average Bonchev–Trinajstić information content (AvgIpc) is 3.18. The topological polar surface area (TPSA) is 62.5 Å². The minimum atomic E-state index is 0.217. The number of aromatic nitrogens is 2. The van der Waals surface area contributed by atoms with Gasteiger partial charge in [0.05, 0.1) is 6.54 Å². The molecule has 6 heteroatoms. The molecule has 1 aromatic heterocycles. The van der Waals surface area contributed by atoms with Crippen LogP contribution in [0.1, 0.15) is 37.0 Å². The molecule has 6 nitrogen and oxygen atoms in total. The van der Waals surface area contributed by atoms with Crippen LogP contribution in [0.5, 0.6) is 0 Å². The summed E-state index contributed by atoms with van der Waals surface area (Å²) in [5.74, 6) is 2.22. The van der Waals surface area contributed by atoms with Gasteiger partial charge in [-0.25, -0.2) is 0 Å². The number of rotatable bonds is 4. The van der Waals surface area contributed by atoms with E-state index in [0.717, 1.165) is 50.3 Å². The van der Waals surface area contributed by atoms with E-state index in [4.69, 9.17) is 4.52 Å². The van der Waals surface area contributed by atoms with Crippen molar-refractivity contribution in [2.75, 3.05) is 24.5 Å². The molecule has 0 aliphatic carbocycles. The molecule has 4 rings (SSSR count). The third-order valence-corrected chi connectivity index (χ3v) is 5.58. The Kier molecular flexibility index (Phi) is 4.76. The average molecular weight is 354 g/mol. The number of anilines is 1. The summed E-state index contributed by atoms with van der Waals surface area (Å²) >= 11 is 0. The van der Waals surface area contributed by atoms with E-state index >= 15 is 0 Å². The number of carbonyl (C=O) groups excluding carboxylic acids is 1. The van der Waals surface area contributed by atoms with Crippen LogP contribution in [0.3, 0.4) is 0 Å². The summed E-state index contributed by atoms with van der Waals surface area (Å²) in [5.41, 5.74) is 2.37. The van der Waals surface area contributed by atoms with Crippen LogP contribution in [0.4, 0.5) is 5.69 Å². The summed E-state index contributed by atoms with van der Waals surface area (Å²) in [6.45, 7) is 6.38. The maximum absolute atomic E-state index is 12.9. The Morgan fingerprint density at radius 3 is 2.77 bits per heavy atom. The quantitative estimate of drug-likeness (QED) is 0.845. The first-order valence-corrected chi connectivity index (χ1v) is 9.51. The number of hydrogen-bond donors (Lipinski definition) is 0. The van der Waals surface area contributed by atoms with E-state index in [9.17, 15) is 4.79 Å². The Hall–Kier alpha value is -2.21. The van der Waals surface area contributed by atoms with Crippen molar-refractivity contribution in [2.24, 2.45) is 5.92 Å². The first-order valence-electron chi connectivity index (χ1n) is 9.51. The van der Waals surface area contributed by atoms with Gasteiger partial charge >= 0.3 is 0 Å². The van der Waals surface area contributed by atoms with Gasteiger partial charge in [-0.05, 0) is 56.8 Å². The number of amides is 1. The van der Waals surface area contributed by atoms with Gasteiger partial charge in [0.25, 0.3) is 0 Å². The lowest BCUT2D eigenvalue weighted by Crippen LogP contribution is -2.45. The zero-order valence-electron chi connectivity index (χ0n) is 15.5. The van der Waals surface area contributed by atoms with Crippen LogP contribution >= 0.6 is 0 Å². The van der Waals surface area contributed by atoms with Crippen molar-refractivity contribution in [3.63, 3.8) is 0 Å². The number of aryl methyl sites for hydroxylation is 1. The summed E-state index contributed by atoms with van der Waals surface area (Å²) in [4.78, 5) is 21.5. The number of nitrogens with zero attached hydrogens (tertiary/aromatic N) is 4. The van der Waals surface area contributed by atoms with E-state index in [1.54, 1.807) is 0 Å². The van der Waals surface area contributed by atoms with Gasteiger partial charge in [-0.3, -0.25) is 9.69 Å². The second-order valence-electron chi connectivity index (χ2n) is 7.60. The molecule has 2 aliphatic rings. The SMILES string of the molecule is Cc1nc(CC2CCN(CC(=O)N3c4ccccc4C[C@@H]3C)CC2)no1. The number of carbonyl (C=O) groups is 1. The van der Waals surface area contributed by atoms with Gasteiger partial charge in [0, 0.05) is 25.1 Å². The fraction of sp³-hybridized carbons (Fsp3) is 0.550. The van der Waals surface area contributed by atoms with Gasteiger partial charge in [-0.1, -0.05) is 23.4 Å². The molecule has 1 aromatic carbocycles. The maximum atomic E-state index is 12.9. The van der Waals surface area contributed by atoms with Crippen molar-refractivity contribution in [1.29, 1.82) is 0 Å². The van der Waals surface area contributed by atoms with E-state index in [0.29, 0.717) is 18.4 Å². The normalized spacial score (nSPS) is 21.2. The van der Waals surface area contributed by atoms with Gasteiger partial charge < -0.3 is 9.42 Å². The molecule has 0 spiro atoms. The van der Waals surface area contributed by atoms with Gasteiger partial charge in [0.1, 0.15) is 0 Å². The van der Waals surface area contributed by atoms with E-state index in [1.165, 1.54) is 5.56 Å². The third kappa shape index (κ3) is 3.51. The largest absolute Gasteiger partial charge is 0.340 e. The first-order chi connectivity index (χ1) is 12.6. The number of para-hydroxylation sites is 1. The van der Waals surface area contributed by atoms with Gasteiger partial charge in [0.15, 0.2) is 5.82 Å². The second-order valence-corrected chi connectivity index (χ2v) is 7.60. The van der Waals surface area contributed by atoms with Crippen LogP contribution in [0, 0.1) is 12.8 Å². The minimum absolute atomic E-state index is 0.217. The lowest BCUT2D eigenvalue weighted by atomic mass is 9.93. The van der Waals surface area contributed by atoms with Crippen LogP contribution < -0.4 is 4.90 Å². The van der Waals surface area contributed by atoms with Crippen molar-refractivity contribution in [1.82, 2.24) is 15.0 Å². The zero-order valence-corrected chi connectivity index (χ0v) is 15.5. The van der Waals surface area contributed by atoms with Crippen molar-refractivity contribution in [3.8, 4) is 0 Å². The van der Waals surface area contributed by atoms with E-state index in [1.807, 2.05) is 17.9 Å². The van der Waals surface area contributed by atoms with Crippen LogP contribution in [0.25, 0.3) is 0 Å². The van der Waals surface area contributed by atoms with E-state index in [2.05, 4.69) is 40.2 Å². The molecule has 138 valence electrons. The Morgan fingerprint density at radius 2 is 2.04 bits per heavy atom. The van der Waals surface area contributed by atoms with Crippen molar-refractivity contribution in [2.45, 2.75) is 45.6 Å². The van der Waals surface area contributed by atoms with Crippen molar-refractivity contribution in [3.05, 3.63) is 41.5 Å². The number of hydrogen-bond acceptors (Lipinski definition) is 5. The zero-order chi connectivity index (χ0) is 18.1. The number of likely N-dealkylation sites (tertiary alicyclic amines) is 1. The first kappa shape index (κ1) is 17.2. The summed E-state index contributed by atoms with van der Waals surface area (Å²) < 4.78 is 5.05. The van der Waals surface area contributed by atoms with Crippen LogP contribution in [0.2, 0.25) is 0 Å². The molecule has 0 bridgehead atoms. The highest BCUT2D eigenvalue weighted by Crippen LogP contribution is 2.32. The number of piperidine rings is 1. The van der Waals surface area contributed by atoms with E-state index < -0.39 is 0 Å². The number of benzene rings is 1. The van der Waals surface area contributed by atoms with Crippen LogP contribution in [-0.2, 0) is 17.6 Å². The maximum Gasteiger partial charge on any atom is 0.241 e. The number of fused-ring (bicyclic) bond motifs is 1. The summed E-state index contributed by atoms with van der Waals surface area (Å²) in [6.07, 6.45) is 3.98. The molecular weight excluding hydrogens is 328 g/mol. The summed E-state index contributed by atoms with van der Waals surface area (Å²) in [7, 11) is 0. The standard InChI is InChI=1S/C20H26N4O2/c1-14-11-17-5-3-4-6-18(17)24(14)20(25)13-23-9-7-16(8-10-23)12-19-21-15(2)26-22-19/h3-6,14,16H,7-13H2,1-2H3/t14-/m0/s1. The fourth-order valence-electron chi connectivity index (χ4n) is 4.24. The molecule has 3 heterocycles. The molecule has 0 saturated carbocycles. The summed E-state index contributed by atoms with van der Waals surface area (Å²) in [5, 5.41) is 4.00. The molecule has 1 saturated heterocycles. The van der Waals surface area contributed by atoms with Gasteiger partial charge in [-0.2, -0.15) is 4.98 Å². The molecule has 1 fully saturated rings. The van der Waals surface area contributed by atoms with Crippen LogP contribution in [0.15, 0.2) is 28.8 Å². The monoisotopic (exact) mass is 354 g/mol. The van der Waals surface area contributed by atoms with Crippen LogP contribution in [-0.4, -0.2) is 46.6 Å². The molecule has 0 unspecified atom stereocenters. The molecule has 0 N–H and O–H groups in total. The smallest absolute Gasteiger partial charge is 0.241 e. The Morgan fingerprint density at radius 1 is 1.27 bits per heavy atom. The van der Waals surface area contributed by atoms with E-state index in [-0.39, 0.29) is 11.9 Å². The predicted molar refractivity (Wildman–Crippen MR) is 99.0 cm³/mol. The molecule has 2 aromatic rings. The molecular formula is C20H26N4O2. The highest BCUT2D eigenvalue weighted by molar-refractivity contribution is 5.97. The predicted octanol–water partition coefficient (Wildman–Crippen LogP) is 2.61. The second kappa shape index (κ2) is 7.19. The Bertz CT molecular complexity index is 780. The lowest BCUT2D eigenvalue weighted by Gasteiger charge is -2.33. The lowest BCUT2D eigenvalue weighted by molar-refractivity contribution is -0.120. The highest BCUT2D eigenvalue weighted by Gasteiger charge is 2.32. The molecule has 26 heavy (non-hydrogen) atoms. The van der Waals surface area contributed by atoms with Crippen molar-refractivity contribution >= 4 is 11.6 Å². The molecule has 2 aliphatic heterocycles. The van der Waals surface area contributed by atoms with Crippen molar-refractivity contribution < 1.29 is 9.32 Å². The third-order valence-electron chi connectivity index (χ3n) is 5.58. The summed E-state index contributed by atoms with van der Waals surface area (Å²) in [6, 6.07) is 8.51. The molecule has 1 amide bonds. The molecule has 1 atom stereocenters. The fourth-order valence-corrected chi connectivity index (χ4v) is 4.24. The Balaban J connectivity index is 1.31. The van der Waals surface area contributed by atoms with Gasteiger partial charge in [0.2, 0.25) is 11.8 Å². The molecule has 0 radical (unpaired) electrons. The van der Waals surface area contributed by atoms with Gasteiger partial charge in [-0.15, -0.1) is 0 Å².